The summed E-state index contributed by atoms with van der Waals surface area (Å²) in [6.07, 6.45) is 2.66. The van der Waals surface area contributed by atoms with Gasteiger partial charge in [-0.1, -0.05) is 18.6 Å². The van der Waals surface area contributed by atoms with Crippen LogP contribution in [-0.4, -0.2) is 58.5 Å². The van der Waals surface area contributed by atoms with Gasteiger partial charge in [-0.15, -0.1) is 0 Å². The van der Waals surface area contributed by atoms with Crippen molar-refractivity contribution in [1.82, 2.24) is 8.61 Å². The Morgan fingerprint density at radius 3 is 2.16 bits per heavy atom. The number of nitrogens with zero attached hydrogens (tertiary/aromatic N) is 2. The first-order chi connectivity index (χ1) is 14.9. The zero-order chi connectivity index (χ0) is 23.7. The van der Waals surface area contributed by atoms with Gasteiger partial charge in [0.25, 0.3) is 5.91 Å². The van der Waals surface area contributed by atoms with Gasteiger partial charge in [0.15, 0.2) is 0 Å². The van der Waals surface area contributed by atoms with Gasteiger partial charge in [-0.2, -0.15) is 4.31 Å². The molecule has 1 aliphatic heterocycles. The van der Waals surface area contributed by atoms with E-state index >= 15 is 0 Å². The fourth-order valence-electron chi connectivity index (χ4n) is 3.57. The molecule has 1 fully saturated rings. The Labute approximate surface area is 190 Å². The summed E-state index contributed by atoms with van der Waals surface area (Å²) in [4.78, 5) is 13.1. The second-order valence-corrected chi connectivity index (χ2v) is 12.2. The maximum absolute atomic E-state index is 13.1. The molecule has 1 N–H and O–H groups in total. The molecule has 2 aromatic rings. The lowest BCUT2D eigenvalue weighted by Gasteiger charge is -2.26. The van der Waals surface area contributed by atoms with Crippen molar-refractivity contribution in [3.63, 3.8) is 0 Å². The molecule has 0 spiro atoms. The van der Waals surface area contributed by atoms with Crippen LogP contribution in [0.3, 0.4) is 0 Å². The minimum Gasteiger partial charge on any atom is -0.322 e. The van der Waals surface area contributed by atoms with Crippen molar-refractivity contribution in [3.8, 4) is 0 Å². The van der Waals surface area contributed by atoms with Crippen molar-refractivity contribution in [2.45, 2.75) is 42.9 Å². The number of aryl methyl sites for hydroxylation is 2. The molecule has 32 heavy (non-hydrogen) atoms. The molecular formula is C22H29N3O5S2. The molecule has 10 heteroatoms. The van der Waals surface area contributed by atoms with Gasteiger partial charge in [0.1, 0.15) is 0 Å². The van der Waals surface area contributed by atoms with Crippen molar-refractivity contribution in [2.75, 3.05) is 32.5 Å². The summed E-state index contributed by atoms with van der Waals surface area (Å²) in [5.74, 6) is -0.511. The van der Waals surface area contributed by atoms with Gasteiger partial charge < -0.3 is 5.32 Å². The van der Waals surface area contributed by atoms with Crippen LogP contribution in [-0.2, 0) is 20.0 Å². The highest BCUT2D eigenvalue weighted by atomic mass is 32.2. The number of piperidine rings is 1. The summed E-state index contributed by atoms with van der Waals surface area (Å²) in [7, 11) is -4.49. The number of nitrogens with one attached hydrogen (secondary N) is 1. The third-order valence-corrected chi connectivity index (χ3v) is 9.47. The average molecular weight is 480 g/mol. The Morgan fingerprint density at radius 2 is 1.53 bits per heavy atom. The molecule has 174 valence electrons. The van der Waals surface area contributed by atoms with Crippen LogP contribution in [0.4, 0.5) is 5.69 Å². The smallest absolute Gasteiger partial charge is 0.255 e. The van der Waals surface area contributed by atoms with Crippen LogP contribution in [0.2, 0.25) is 0 Å². The summed E-state index contributed by atoms with van der Waals surface area (Å²) >= 11 is 0. The lowest BCUT2D eigenvalue weighted by molar-refractivity contribution is 0.102. The minimum absolute atomic E-state index is 0.0562. The summed E-state index contributed by atoms with van der Waals surface area (Å²) in [6, 6.07) is 9.08. The fourth-order valence-corrected chi connectivity index (χ4v) is 6.26. The van der Waals surface area contributed by atoms with Gasteiger partial charge in [-0.25, -0.2) is 21.1 Å². The zero-order valence-corrected chi connectivity index (χ0v) is 20.4. The Hall–Kier alpha value is -2.27. The van der Waals surface area contributed by atoms with Crippen LogP contribution in [0, 0.1) is 13.8 Å². The lowest BCUT2D eigenvalue weighted by Crippen LogP contribution is -2.36. The van der Waals surface area contributed by atoms with E-state index in [1.165, 1.54) is 36.6 Å². The molecule has 0 aromatic heterocycles. The van der Waals surface area contributed by atoms with Crippen molar-refractivity contribution in [1.29, 1.82) is 0 Å². The van der Waals surface area contributed by atoms with E-state index < -0.39 is 26.0 Å². The number of hydrogen-bond acceptors (Lipinski definition) is 5. The van der Waals surface area contributed by atoms with E-state index in [4.69, 9.17) is 0 Å². The third kappa shape index (κ3) is 4.88. The van der Waals surface area contributed by atoms with E-state index in [1.54, 1.807) is 32.0 Å². The minimum atomic E-state index is -3.70. The first-order valence-corrected chi connectivity index (χ1v) is 13.3. The average Bonchev–Trinajstić information content (AvgIpc) is 2.75. The predicted molar refractivity (Wildman–Crippen MR) is 124 cm³/mol. The molecule has 0 saturated carbocycles. The van der Waals surface area contributed by atoms with Crippen LogP contribution >= 0.6 is 0 Å². The molecule has 1 amide bonds. The molecule has 1 saturated heterocycles. The molecule has 0 unspecified atom stereocenters. The molecule has 1 heterocycles. The first-order valence-electron chi connectivity index (χ1n) is 10.4. The van der Waals surface area contributed by atoms with E-state index in [0.29, 0.717) is 29.9 Å². The number of carbonyl (C=O) groups excluding carboxylic acids is 1. The topological polar surface area (TPSA) is 104 Å². The molecule has 0 bridgehead atoms. The van der Waals surface area contributed by atoms with Crippen LogP contribution < -0.4 is 5.32 Å². The number of sulfonamides is 2. The van der Waals surface area contributed by atoms with Gasteiger partial charge in [-0.3, -0.25) is 4.79 Å². The number of amides is 1. The highest BCUT2D eigenvalue weighted by Gasteiger charge is 2.28. The maximum atomic E-state index is 13.1. The number of hydrogen-bond donors (Lipinski definition) is 1. The molecule has 2 aromatic carbocycles. The number of rotatable bonds is 6. The van der Waals surface area contributed by atoms with Gasteiger partial charge in [-0.05, 0) is 62.1 Å². The number of anilines is 1. The molecule has 0 atom stereocenters. The highest BCUT2D eigenvalue weighted by Crippen LogP contribution is 2.26. The second kappa shape index (κ2) is 9.30. The summed E-state index contributed by atoms with van der Waals surface area (Å²) in [6.45, 7) is 4.41. The highest BCUT2D eigenvalue weighted by molar-refractivity contribution is 7.89. The van der Waals surface area contributed by atoms with E-state index in [-0.39, 0.29) is 15.4 Å². The SMILES string of the molecule is Cc1ccc(S(=O)(=O)N(C)C)cc1NC(=O)c1ccc(C)c(S(=O)(=O)N2CCCCC2)c1. The number of benzene rings is 2. The van der Waals surface area contributed by atoms with Gasteiger partial charge in [0.2, 0.25) is 20.0 Å². The van der Waals surface area contributed by atoms with Crippen molar-refractivity contribution < 1.29 is 21.6 Å². The lowest BCUT2D eigenvalue weighted by atomic mass is 10.1. The number of carbonyl (C=O) groups is 1. The molecule has 0 aliphatic carbocycles. The van der Waals surface area contributed by atoms with Crippen molar-refractivity contribution in [3.05, 3.63) is 53.1 Å². The normalized spacial score (nSPS) is 15.7. The quantitative estimate of drug-likeness (QED) is 0.686. The van der Waals surface area contributed by atoms with Crippen LogP contribution in [0.25, 0.3) is 0 Å². The standard InChI is InChI=1S/C22H29N3O5S2/c1-16-9-11-19(31(27,28)24(3)4)15-20(16)23-22(26)18-10-8-17(2)21(14-18)32(29,30)25-12-6-5-7-13-25/h8-11,14-15H,5-7,12-13H2,1-4H3,(H,23,26). The summed E-state index contributed by atoms with van der Waals surface area (Å²) < 4.78 is 53.7. The van der Waals surface area contributed by atoms with Gasteiger partial charge >= 0.3 is 0 Å². The van der Waals surface area contributed by atoms with Gasteiger partial charge in [0.05, 0.1) is 9.79 Å². The Bertz CT molecular complexity index is 1230. The van der Waals surface area contributed by atoms with E-state index in [9.17, 15) is 21.6 Å². The Balaban J connectivity index is 1.92. The third-order valence-electron chi connectivity index (χ3n) is 5.62. The van der Waals surface area contributed by atoms with E-state index in [0.717, 1.165) is 23.6 Å². The fraction of sp³-hybridized carbons (Fsp3) is 0.409. The largest absolute Gasteiger partial charge is 0.322 e. The zero-order valence-electron chi connectivity index (χ0n) is 18.8. The Morgan fingerprint density at radius 1 is 0.906 bits per heavy atom. The molecule has 1 aliphatic rings. The summed E-state index contributed by atoms with van der Waals surface area (Å²) in [5, 5.41) is 2.73. The predicted octanol–water partition coefficient (Wildman–Crippen LogP) is 2.98. The second-order valence-electron chi connectivity index (χ2n) is 8.16. The molecule has 3 rings (SSSR count). The van der Waals surface area contributed by atoms with Crippen LogP contribution in [0.15, 0.2) is 46.2 Å². The van der Waals surface area contributed by atoms with Crippen molar-refractivity contribution >= 4 is 31.6 Å². The van der Waals surface area contributed by atoms with Crippen LogP contribution in [0.5, 0.6) is 0 Å². The van der Waals surface area contributed by atoms with Crippen LogP contribution in [0.1, 0.15) is 40.7 Å². The molecule has 0 radical (unpaired) electrons. The Kier molecular flexibility index (Phi) is 7.09. The van der Waals surface area contributed by atoms with E-state index in [1.807, 2.05) is 0 Å². The summed E-state index contributed by atoms with van der Waals surface area (Å²) in [5.41, 5.74) is 1.79. The first kappa shape index (κ1) is 24.4. The molecule has 8 nitrogen and oxygen atoms in total. The monoisotopic (exact) mass is 479 g/mol. The van der Waals surface area contributed by atoms with Crippen molar-refractivity contribution in [2.24, 2.45) is 0 Å². The van der Waals surface area contributed by atoms with E-state index in [2.05, 4.69) is 5.32 Å². The maximum Gasteiger partial charge on any atom is 0.255 e. The molecular weight excluding hydrogens is 450 g/mol. The van der Waals surface area contributed by atoms with Gasteiger partial charge in [0, 0.05) is 38.4 Å².